The number of morpholine rings is 1. The van der Waals surface area contributed by atoms with Gasteiger partial charge >= 0.3 is 0 Å². The van der Waals surface area contributed by atoms with Crippen LogP contribution in [0.15, 0.2) is 29.8 Å². The first-order valence-electron chi connectivity index (χ1n) is 9.05. The fourth-order valence-corrected chi connectivity index (χ4v) is 4.33. The molecule has 2 fully saturated rings. The van der Waals surface area contributed by atoms with Crippen LogP contribution < -0.4 is 4.74 Å². The third-order valence-electron chi connectivity index (χ3n) is 5.60. The van der Waals surface area contributed by atoms with Crippen molar-refractivity contribution in [3.8, 4) is 5.75 Å². The Labute approximate surface area is 143 Å². The van der Waals surface area contributed by atoms with Crippen LogP contribution in [-0.4, -0.2) is 37.1 Å². The van der Waals surface area contributed by atoms with E-state index in [-0.39, 0.29) is 18.1 Å². The molecule has 1 saturated carbocycles. The molecule has 24 heavy (non-hydrogen) atoms. The number of carbonyl (C=O) groups excluding carboxylic acids is 1. The molecule has 1 heterocycles. The van der Waals surface area contributed by atoms with E-state index in [1.165, 1.54) is 29.5 Å². The molecule has 0 radical (unpaired) electrons. The second-order valence-electron chi connectivity index (χ2n) is 7.00. The molecule has 1 aromatic carbocycles. The number of nitrogens with zero attached hydrogens (tertiary/aromatic N) is 1. The number of hydrogen-bond donors (Lipinski definition) is 0. The summed E-state index contributed by atoms with van der Waals surface area (Å²) >= 11 is 0. The summed E-state index contributed by atoms with van der Waals surface area (Å²) in [6.45, 7) is 1.32. The fourth-order valence-electron chi connectivity index (χ4n) is 4.33. The van der Waals surface area contributed by atoms with E-state index in [9.17, 15) is 4.79 Å². The summed E-state index contributed by atoms with van der Waals surface area (Å²) in [5.74, 6) is 1.07. The summed E-state index contributed by atoms with van der Waals surface area (Å²) in [5.41, 5.74) is 3.83. The van der Waals surface area contributed by atoms with E-state index in [4.69, 9.17) is 9.47 Å². The zero-order chi connectivity index (χ0) is 16.5. The van der Waals surface area contributed by atoms with Crippen molar-refractivity contribution in [2.24, 2.45) is 0 Å². The van der Waals surface area contributed by atoms with Crippen LogP contribution in [0.3, 0.4) is 0 Å². The number of allylic oxidation sites excluding steroid dienone is 1. The first-order chi connectivity index (χ1) is 11.8. The van der Waals surface area contributed by atoms with Gasteiger partial charge in [-0.15, -0.1) is 0 Å². The lowest BCUT2D eigenvalue weighted by Crippen LogP contribution is -2.51. The SMILES string of the molecule is COc1ccc2c(c1)CCC1C2OCCN1C(=O)C=C1CCCC1. The molecule has 4 heteroatoms. The standard InChI is InChI=1S/C20H25NO3/c1-23-16-7-8-17-15(13-16)6-9-18-20(17)24-11-10-21(18)19(22)12-14-4-2-3-5-14/h7-8,12-13,18,20H,2-6,9-11H2,1H3. The van der Waals surface area contributed by atoms with Gasteiger partial charge < -0.3 is 14.4 Å². The summed E-state index contributed by atoms with van der Waals surface area (Å²) in [5, 5.41) is 0. The van der Waals surface area contributed by atoms with Crippen molar-refractivity contribution in [1.29, 1.82) is 0 Å². The summed E-state index contributed by atoms with van der Waals surface area (Å²) in [6.07, 6.45) is 8.46. The maximum absolute atomic E-state index is 12.8. The number of amides is 1. The van der Waals surface area contributed by atoms with Crippen molar-refractivity contribution in [2.45, 2.75) is 50.7 Å². The van der Waals surface area contributed by atoms with Crippen molar-refractivity contribution >= 4 is 5.91 Å². The molecule has 0 aromatic heterocycles. The molecule has 4 rings (SSSR count). The van der Waals surface area contributed by atoms with Crippen LogP contribution in [0.5, 0.6) is 5.75 Å². The van der Waals surface area contributed by atoms with Crippen LogP contribution in [0.1, 0.15) is 49.3 Å². The maximum atomic E-state index is 12.8. The van der Waals surface area contributed by atoms with Crippen molar-refractivity contribution in [3.05, 3.63) is 41.0 Å². The largest absolute Gasteiger partial charge is 0.497 e. The third kappa shape index (κ3) is 2.84. The van der Waals surface area contributed by atoms with Crippen molar-refractivity contribution in [3.63, 3.8) is 0 Å². The highest BCUT2D eigenvalue weighted by molar-refractivity contribution is 5.88. The molecule has 0 spiro atoms. The van der Waals surface area contributed by atoms with Crippen LogP contribution in [0.25, 0.3) is 0 Å². The van der Waals surface area contributed by atoms with Gasteiger partial charge in [-0.05, 0) is 61.8 Å². The van der Waals surface area contributed by atoms with Gasteiger partial charge in [-0.1, -0.05) is 11.6 Å². The third-order valence-corrected chi connectivity index (χ3v) is 5.60. The Morgan fingerprint density at radius 3 is 2.92 bits per heavy atom. The molecule has 2 aliphatic carbocycles. The van der Waals surface area contributed by atoms with E-state index < -0.39 is 0 Å². The lowest BCUT2D eigenvalue weighted by Gasteiger charge is -2.44. The van der Waals surface area contributed by atoms with Crippen LogP contribution in [0, 0.1) is 0 Å². The molecule has 0 N–H and O–H groups in total. The highest BCUT2D eigenvalue weighted by Crippen LogP contribution is 2.39. The molecule has 1 saturated heterocycles. The van der Waals surface area contributed by atoms with Crippen molar-refractivity contribution in [1.82, 2.24) is 4.90 Å². The summed E-state index contributed by atoms with van der Waals surface area (Å²) < 4.78 is 11.4. The highest BCUT2D eigenvalue weighted by Gasteiger charge is 2.39. The number of aryl methyl sites for hydroxylation is 1. The number of rotatable bonds is 2. The molecule has 0 bridgehead atoms. The Bertz CT molecular complexity index is 659. The van der Waals surface area contributed by atoms with Crippen LogP contribution >= 0.6 is 0 Å². The number of hydrogen-bond acceptors (Lipinski definition) is 3. The van der Waals surface area contributed by atoms with E-state index in [0.717, 1.165) is 31.4 Å². The van der Waals surface area contributed by atoms with Crippen molar-refractivity contribution in [2.75, 3.05) is 20.3 Å². The molecule has 1 aliphatic heterocycles. The van der Waals surface area contributed by atoms with Gasteiger partial charge in [0.15, 0.2) is 0 Å². The number of benzene rings is 1. The molecular weight excluding hydrogens is 302 g/mol. The molecular formula is C20H25NO3. The lowest BCUT2D eigenvalue weighted by atomic mass is 9.84. The minimum absolute atomic E-state index is 0.000616. The molecule has 1 amide bonds. The minimum atomic E-state index is -0.000616. The van der Waals surface area contributed by atoms with E-state index in [2.05, 4.69) is 12.1 Å². The van der Waals surface area contributed by atoms with Gasteiger partial charge in [0, 0.05) is 12.6 Å². The molecule has 3 aliphatic rings. The average Bonchev–Trinajstić information content (AvgIpc) is 3.13. The van der Waals surface area contributed by atoms with E-state index in [1.807, 2.05) is 17.0 Å². The van der Waals surface area contributed by atoms with Gasteiger partial charge in [-0.3, -0.25) is 4.79 Å². The zero-order valence-electron chi connectivity index (χ0n) is 14.3. The van der Waals surface area contributed by atoms with Gasteiger partial charge in [0.1, 0.15) is 11.9 Å². The highest BCUT2D eigenvalue weighted by atomic mass is 16.5. The molecule has 2 atom stereocenters. The topological polar surface area (TPSA) is 38.8 Å². The van der Waals surface area contributed by atoms with Crippen LogP contribution in [-0.2, 0) is 16.0 Å². The molecule has 2 unspecified atom stereocenters. The van der Waals surface area contributed by atoms with Crippen LogP contribution in [0.4, 0.5) is 0 Å². The first-order valence-corrected chi connectivity index (χ1v) is 9.05. The Balaban J connectivity index is 1.57. The normalized spacial score (nSPS) is 25.9. The Morgan fingerprint density at radius 1 is 1.29 bits per heavy atom. The van der Waals surface area contributed by atoms with Crippen LogP contribution in [0.2, 0.25) is 0 Å². The first kappa shape index (κ1) is 15.7. The van der Waals surface area contributed by atoms with E-state index >= 15 is 0 Å². The predicted octanol–water partition coefficient (Wildman–Crippen LogP) is 3.41. The summed E-state index contributed by atoms with van der Waals surface area (Å²) in [6, 6.07) is 6.36. The summed E-state index contributed by atoms with van der Waals surface area (Å²) in [4.78, 5) is 14.8. The van der Waals surface area contributed by atoms with E-state index in [0.29, 0.717) is 13.2 Å². The number of carbonyl (C=O) groups is 1. The quantitative estimate of drug-likeness (QED) is 0.781. The number of fused-ring (bicyclic) bond motifs is 3. The van der Waals surface area contributed by atoms with Gasteiger partial charge in [-0.25, -0.2) is 0 Å². The monoisotopic (exact) mass is 327 g/mol. The average molecular weight is 327 g/mol. The second-order valence-corrected chi connectivity index (χ2v) is 7.00. The van der Waals surface area contributed by atoms with Crippen molar-refractivity contribution < 1.29 is 14.3 Å². The second kappa shape index (κ2) is 6.60. The molecule has 4 nitrogen and oxygen atoms in total. The van der Waals surface area contributed by atoms with Gasteiger partial charge in [-0.2, -0.15) is 0 Å². The molecule has 128 valence electrons. The zero-order valence-corrected chi connectivity index (χ0v) is 14.3. The number of ether oxygens (including phenoxy) is 2. The maximum Gasteiger partial charge on any atom is 0.246 e. The number of methoxy groups -OCH3 is 1. The van der Waals surface area contributed by atoms with Gasteiger partial charge in [0.05, 0.1) is 19.8 Å². The lowest BCUT2D eigenvalue weighted by molar-refractivity contribution is -0.143. The summed E-state index contributed by atoms with van der Waals surface area (Å²) in [7, 11) is 1.70. The Hall–Kier alpha value is -1.81. The fraction of sp³-hybridized carbons (Fsp3) is 0.550. The Kier molecular flexibility index (Phi) is 4.31. The van der Waals surface area contributed by atoms with E-state index in [1.54, 1.807) is 7.11 Å². The Morgan fingerprint density at radius 2 is 2.12 bits per heavy atom. The smallest absolute Gasteiger partial charge is 0.246 e. The van der Waals surface area contributed by atoms with Gasteiger partial charge in [0.25, 0.3) is 0 Å². The predicted molar refractivity (Wildman–Crippen MR) is 92.1 cm³/mol. The molecule has 1 aromatic rings. The minimum Gasteiger partial charge on any atom is -0.497 e. The van der Waals surface area contributed by atoms with Gasteiger partial charge in [0.2, 0.25) is 5.91 Å².